The van der Waals surface area contributed by atoms with E-state index in [1.165, 1.54) is 0 Å². The molecule has 28 heavy (non-hydrogen) atoms. The van der Waals surface area contributed by atoms with Crippen molar-refractivity contribution in [2.75, 3.05) is 20.8 Å². The summed E-state index contributed by atoms with van der Waals surface area (Å²) in [5, 5.41) is 5.76. The van der Waals surface area contributed by atoms with Crippen LogP contribution >= 0.6 is 0 Å². The molecule has 0 saturated carbocycles. The van der Waals surface area contributed by atoms with Gasteiger partial charge in [0.25, 0.3) is 0 Å². The molecule has 0 spiro atoms. The number of benzene rings is 2. The van der Waals surface area contributed by atoms with Crippen LogP contribution in [0.25, 0.3) is 0 Å². The third-order valence-electron chi connectivity index (χ3n) is 4.44. The fraction of sp³-hybridized carbons (Fsp3) is 0.364. The molecule has 2 rings (SSSR count). The van der Waals surface area contributed by atoms with Crippen molar-refractivity contribution in [3.63, 3.8) is 0 Å². The van der Waals surface area contributed by atoms with E-state index >= 15 is 0 Å². The summed E-state index contributed by atoms with van der Waals surface area (Å²) in [7, 11) is 3.18. The Bertz CT molecular complexity index is 777. The largest absolute Gasteiger partial charge is 0.493 e. The summed E-state index contributed by atoms with van der Waals surface area (Å²) in [6, 6.07) is 15.3. The highest BCUT2D eigenvalue weighted by atomic mass is 16.5. The highest BCUT2D eigenvalue weighted by molar-refractivity contribution is 5.83. The summed E-state index contributed by atoms with van der Waals surface area (Å²) >= 11 is 0. The maximum Gasteiger partial charge on any atom is 0.220 e. The van der Waals surface area contributed by atoms with Crippen molar-refractivity contribution in [3.05, 3.63) is 59.7 Å². The van der Waals surface area contributed by atoms with Gasteiger partial charge in [0.15, 0.2) is 11.5 Å². The van der Waals surface area contributed by atoms with Gasteiger partial charge >= 0.3 is 0 Å². The van der Waals surface area contributed by atoms with E-state index in [4.69, 9.17) is 9.47 Å². The summed E-state index contributed by atoms with van der Waals surface area (Å²) in [6.45, 7) is 2.42. The van der Waals surface area contributed by atoms with Crippen LogP contribution in [0.3, 0.4) is 0 Å². The zero-order valence-corrected chi connectivity index (χ0v) is 16.7. The van der Waals surface area contributed by atoms with E-state index in [1.807, 2.05) is 55.5 Å². The first-order chi connectivity index (χ1) is 13.5. The molecule has 2 aromatic carbocycles. The number of hydrogen-bond donors (Lipinski definition) is 2. The van der Waals surface area contributed by atoms with Crippen LogP contribution in [0.2, 0.25) is 0 Å². The number of methoxy groups -OCH3 is 2. The van der Waals surface area contributed by atoms with Gasteiger partial charge in [-0.3, -0.25) is 9.59 Å². The van der Waals surface area contributed by atoms with E-state index in [0.29, 0.717) is 24.5 Å². The fourth-order valence-corrected chi connectivity index (χ4v) is 2.84. The van der Waals surface area contributed by atoms with Crippen LogP contribution in [0, 0.1) is 0 Å². The Hall–Kier alpha value is -3.02. The number of rotatable bonds is 10. The summed E-state index contributed by atoms with van der Waals surface area (Å²) < 4.78 is 10.5. The Morgan fingerprint density at radius 3 is 2.29 bits per heavy atom. The molecule has 0 bridgehead atoms. The predicted molar refractivity (Wildman–Crippen MR) is 108 cm³/mol. The lowest BCUT2D eigenvalue weighted by molar-refractivity contribution is -0.126. The molecule has 0 radical (unpaired) electrons. The fourth-order valence-electron chi connectivity index (χ4n) is 2.84. The van der Waals surface area contributed by atoms with Crippen molar-refractivity contribution in [2.24, 2.45) is 0 Å². The van der Waals surface area contributed by atoms with E-state index in [2.05, 4.69) is 10.6 Å². The normalized spacial score (nSPS) is 11.4. The quantitative estimate of drug-likeness (QED) is 0.660. The molecular formula is C22H28N2O4. The van der Waals surface area contributed by atoms with Gasteiger partial charge in [0.1, 0.15) is 0 Å². The SMILES string of the molecule is COc1ccc(CCNC(=O)CCC(=O)NC(C)c2ccccc2)cc1OC. The average Bonchev–Trinajstić information content (AvgIpc) is 2.72. The average molecular weight is 384 g/mol. The van der Waals surface area contributed by atoms with Crippen LogP contribution in [0.1, 0.15) is 36.9 Å². The van der Waals surface area contributed by atoms with Gasteiger partial charge < -0.3 is 20.1 Å². The summed E-state index contributed by atoms with van der Waals surface area (Å²) in [6.07, 6.45) is 1.00. The van der Waals surface area contributed by atoms with Gasteiger partial charge in [-0.2, -0.15) is 0 Å². The Balaban J connectivity index is 1.69. The zero-order chi connectivity index (χ0) is 20.4. The Morgan fingerprint density at radius 1 is 0.929 bits per heavy atom. The molecule has 0 aliphatic rings. The van der Waals surface area contributed by atoms with Crippen LogP contribution in [-0.4, -0.2) is 32.6 Å². The third-order valence-corrected chi connectivity index (χ3v) is 4.44. The molecule has 6 heteroatoms. The molecule has 2 N–H and O–H groups in total. The van der Waals surface area contributed by atoms with Crippen LogP contribution < -0.4 is 20.1 Å². The van der Waals surface area contributed by atoms with Gasteiger partial charge in [-0.05, 0) is 36.6 Å². The number of ether oxygens (including phenoxy) is 2. The molecule has 0 aromatic heterocycles. The molecular weight excluding hydrogens is 356 g/mol. The summed E-state index contributed by atoms with van der Waals surface area (Å²) in [4.78, 5) is 24.0. The van der Waals surface area contributed by atoms with Crippen molar-refractivity contribution < 1.29 is 19.1 Å². The zero-order valence-electron chi connectivity index (χ0n) is 16.7. The highest BCUT2D eigenvalue weighted by Gasteiger charge is 2.11. The number of hydrogen-bond acceptors (Lipinski definition) is 4. The van der Waals surface area contributed by atoms with Gasteiger partial charge in [-0.1, -0.05) is 36.4 Å². The third kappa shape index (κ3) is 6.61. The molecule has 2 amide bonds. The van der Waals surface area contributed by atoms with Crippen molar-refractivity contribution >= 4 is 11.8 Å². The van der Waals surface area contributed by atoms with Gasteiger partial charge in [0, 0.05) is 19.4 Å². The van der Waals surface area contributed by atoms with Crippen LogP contribution in [-0.2, 0) is 16.0 Å². The Labute approximate surface area is 166 Å². The Morgan fingerprint density at radius 2 is 1.61 bits per heavy atom. The number of carbonyl (C=O) groups is 2. The lowest BCUT2D eigenvalue weighted by Crippen LogP contribution is -2.30. The number of nitrogens with one attached hydrogen (secondary N) is 2. The lowest BCUT2D eigenvalue weighted by atomic mass is 10.1. The maximum atomic E-state index is 12.0. The first kappa shape index (κ1) is 21.3. The van der Waals surface area contributed by atoms with E-state index in [-0.39, 0.29) is 30.7 Å². The number of amides is 2. The number of carbonyl (C=O) groups excluding carboxylic acids is 2. The second-order valence-electron chi connectivity index (χ2n) is 6.49. The minimum atomic E-state index is -0.136. The van der Waals surface area contributed by atoms with Crippen LogP contribution in [0.4, 0.5) is 0 Å². The smallest absolute Gasteiger partial charge is 0.220 e. The molecule has 0 aliphatic carbocycles. The molecule has 1 atom stereocenters. The molecule has 150 valence electrons. The molecule has 0 aliphatic heterocycles. The maximum absolute atomic E-state index is 12.0. The lowest BCUT2D eigenvalue weighted by Gasteiger charge is -2.14. The van der Waals surface area contributed by atoms with E-state index < -0.39 is 0 Å². The second-order valence-corrected chi connectivity index (χ2v) is 6.49. The van der Waals surface area contributed by atoms with E-state index in [1.54, 1.807) is 14.2 Å². The molecule has 0 saturated heterocycles. The van der Waals surface area contributed by atoms with E-state index in [0.717, 1.165) is 11.1 Å². The standard InChI is InChI=1S/C22H28N2O4/c1-16(18-7-5-4-6-8-18)24-22(26)12-11-21(25)23-14-13-17-9-10-19(27-2)20(15-17)28-3/h4-10,15-16H,11-14H2,1-3H3,(H,23,25)(H,24,26). The monoisotopic (exact) mass is 384 g/mol. The van der Waals surface area contributed by atoms with Crippen molar-refractivity contribution in [2.45, 2.75) is 32.2 Å². The van der Waals surface area contributed by atoms with Crippen molar-refractivity contribution in [1.29, 1.82) is 0 Å². The molecule has 6 nitrogen and oxygen atoms in total. The first-order valence-electron chi connectivity index (χ1n) is 9.35. The summed E-state index contributed by atoms with van der Waals surface area (Å²) in [5.74, 6) is 1.07. The first-order valence-corrected chi connectivity index (χ1v) is 9.35. The van der Waals surface area contributed by atoms with Crippen LogP contribution in [0.15, 0.2) is 48.5 Å². The predicted octanol–water partition coefficient (Wildman–Crippen LogP) is 3.02. The van der Waals surface area contributed by atoms with Gasteiger partial charge in [-0.25, -0.2) is 0 Å². The van der Waals surface area contributed by atoms with Crippen molar-refractivity contribution in [1.82, 2.24) is 10.6 Å². The van der Waals surface area contributed by atoms with Crippen molar-refractivity contribution in [3.8, 4) is 11.5 Å². The minimum Gasteiger partial charge on any atom is -0.493 e. The van der Waals surface area contributed by atoms with Gasteiger partial charge in [0.05, 0.1) is 20.3 Å². The summed E-state index contributed by atoms with van der Waals surface area (Å²) in [5.41, 5.74) is 2.07. The van der Waals surface area contributed by atoms with Gasteiger partial charge in [-0.15, -0.1) is 0 Å². The van der Waals surface area contributed by atoms with Gasteiger partial charge in [0.2, 0.25) is 11.8 Å². The Kier molecular flexibility index (Phi) is 8.34. The van der Waals surface area contributed by atoms with E-state index in [9.17, 15) is 9.59 Å². The minimum absolute atomic E-state index is 0.0817. The topological polar surface area (TPSA) is 76.7 Å². The molecule has 0 fully saturated rings. The molecule has 0 heterocycles. The second kappa shape index (κ2) is 11.0. The molecule has 1 unspecified atom stereocenters. The highest BCUT2D eigenvalue weighted by Crippen LogP contribution is 2.27. The van der Waals surface area contributed by atoms with Crippen LogP contribution in [0.5, 0.6) is 11.5 Å². The molecule has 2 aromatic rings.